The molecule has 48 heavy (non-hydrogen) atoms. The summed E-state index contributed by atoms with van der Waals surface area (Å²) in [5.74, 6) is -3.60. The van der Waals surface area contributed by atoms with E-state index in [1.807, 2.05) is 0 Å². The Morgan fingerprint density at radius 3 is 1.90 bits per heavy atom. The van der Waals surface area contributed by atoms with Gasteiger partial charge in [0.05, 0.1) is 56.5 Å². The van der Waals surface area contributed by atoms with E-state index in [2.05, 4.69) is 10.6 Å². The zero-order valence-corrected chi connectivity index (χ0v) is 26.7. The number of anilines is 2. The van der Waals surface area contributed by atoms with Gasteiger partial charge in [0, 0.05) is 69.0 Å². The average molecular weight is 657 g/mol. The van der Waals surface area contributed by atoms with Crippen molar-refractivity contribution >= 4 is 78.3 Å². The molecular weight excluding hydrogens is 624 g/mol. The lowest BCUT2D eigenvalue weighted by Gasteiger charge is -2.25. The molecule has 0 bridgehead atoms. The van der Waals surface area contributed by atoms with Crippen LogP contribution in [0.2, 0.25) is 0 Å². The van der Waals surface area contributed by atoms with Crippen molar-refractivity contribution in [2.45, 2.75) is 32.6 Å². The van der Waals surface area contributed by atoms with Crippen molar-refractivity contribution in [3.05, 3.63) is 49.3 Å². The molecule has 0 spiro atoms. The molecular formula is C35H32N2O11. The molecule has 0 radical (unpaired) electrons. The third kappa shape index (κ3) is 4.56. The van der Waals surface area contributed by atoms with E-state index in [0.717, 1.165) is 0 Å². The third-order valence-electron chi connectivity index (χ3n) is 8.96. The number of carboxylic acids is 2. The van der Waals surface area contributed by atoms with E-state index in [0.29, 0.717) is 38.1 Å². The number of hydrogen-bond donors (Lipinski definition) is 5. The standard InChI is InChI=1S/C35H32N2O11/c1-13-10-15-23-28-24(33(44)32(15)37-9-7-21(42)43)16(36-8-6-20(40)41)11-18(46-3)26(28)27-19(47-4)12-17(39)25-30(27)29(23)31(22(13)14(2)38)35(48-5)34(25)45/h10-12,22,36-37,39H,6-9H2,1-5H3,(H,40,41)(H,42,43). The number of benzene rings is 5. The molecule has 6 rings (SSSR count). The number of aromatic hydroxyl groups is 1. The second-order valence-corrected chi connectivity index (χ2v) is 11.7. The lowest BCUT2D eigenvalue weighted by molar-refractivity contribution is -0.137. The van der Waals surface area contributed by atoms with Crippen molar-refractivity contribution in [2.75, 3.05) is 45.1 Å². The van der Waals surface area contributed by atoms with Crippen molar-refractivity contribution in [1.82, 2.24) is 0 Å². The zero-order valence-electron chi connectivity index (χ0n) is 26.7. The number of allylic oxidation sites excluding steroid dienone is 1. The highest BCUT2D eigenvalue weighted by Crippen LogP contribution is 2.55. The van der Waals surface area contributed by atoms with Crippen LogP contribution in [0.4, 0.5) is 11.4 Å². The van der Waals surface area contributed by atoms with Gasteiger partial charge in [-0.1, -0.05) is 11.6 Å². The van der Waals surface area contributed by atoms with Gasteiger partial charge in [-0.05, 0) is 19.2 Å². The number of nitrogens with one attached hydrogen (secondary N) is 2. The SMILES string of the molecule is COc1c2c3c4c(c(NCCC(=O)O)c(=O)c5c(NCCC(=O)O)cc(OC)c(c6c(OC)cc(O)c(c1=O)c63)c54)C=C(C)C2C(C)=O. The Labute approximate surface area is 272 Å². The molecule has 0 fully saturated rings. The number of hydrogen-bond acceptors (Lipinski definition) is 11. The molecule has 0 saturated heterocycles. The quantitative estimate of drug-likeness (QED) is 0.0931. The van der Waals surface area contributed by atoms with Crippen molar-refractivity contribution < 1.29 is 43.9 Å². The van der Waals surface area contributed by atoms with Gasteiger partial charge in [0.25, 0.3) is 0 Å². The fraction of sp³-hybridized carbons (Fsp3) is 0.286. The third-order valence-corrected chi connectivity index (χ3v) is 8.96. The van der Waals surface area contributed by atoms with E-state index in [1.165, 1.54) is 34.3 Å². The van der Waals surface area contributed by atoms with Crippen LogP contribution in [0.15, 0.2) is 27.3 Å². The maximum Gasteiger partial charge on any atom is 0.305 e. The number of phenols is 1. The molecule has 5 aromatic carbocycles. The molecule has 1 aliphatic carbocycles. The topological polar surface area (TPSA) is 198 Å². The van der Waals surface area contributed by atoms with E-state index in [9.17, 15) is 39.3 Å². The minimum atomic E-state index is -1.09. The number of rotatable bonds is 12. The molecule has 0 heterocycles. The first-order chi connectivity index (χ1) is 22.9. The summed E-state index contributed by atoms with van der Waals surface area (Å²) >= 11 is 0. The highest BCUT2D eigenvalue weighted by Gasteiger charge is 2.37. The lowest BCUT2D eigenvalue weighted by Crippen LogP contribution is -2.19. The second-order valence-electron chi connectivity index (χ2n) is 11.7. The van der Waals surface area contributed by atoms with Gasteiger partial charge in [-0.2, -0.15) is 0 Å². The molecule has 248 valence electrons. The number of fused-ring (bicyclic) bond motifs is 1. The Balaban J connectivity index is 2.02. The van der Waals surface area contributed by atoms with Crippen LogP contribution in [0.3, 0.4) is 0 Å². The second kappa shape index (κ2) is 11.7. The van der Waals surface area contributed by atoms with Crippen LogP contribution >= 0.6 is 0 Å². The summed E-state index contributed by atoms with van der Waals surface area (Å²) in [6, 6.07) is 2.85. The van der Waals surface area contributed by atoms with Crippen LogP contribution in [0.5, 0.6) is 23.0 Å². The number of carbonyl (C=O) groups excluding carboxylic acids is 1. The van der Waals surface area contributed by atoms with E-state index in [1.54, 1.807) is 19.1 Å². The molecule has 1 unspecified atom stereocenters. The highest BCUT2D eigenvalue weighted by molar-refractivity contribution is 6.40. The summed E-state index contributed by atoms with van der Waals surface area (Å²) in [7, 11) is 4.11. The van der Waals surface area contributed by atoms with Gasteiger partial charge >= 0.3 is 11.9 Å². The van der Waals surface area contributed by atoms with Crippen molar-refractivity contribution in [2.24, 2.45) is 0 Å². The maximum absolute atomic E-state index is 14.7. The summed E-state index contributed by atoms with van der Waals surface area (Å²) in [6.45, 7) is 2.92. The number of ether oxygens (including phenoxy) is 3. The summed E-state index contributed by atoms with van der Waals surface area (Å²) in [5.41, 5.74) is 0.184. The van der Waals surface area contributed by atoms with E-state index in [-0.39, 0.29) is 82.1 Å². The van der Waals surface area contributed by atoms with E-state index >= 15 is 0 Å². The minimum Gasteiger partial charge on any atom is -0.507 e. The first kappa shape index (κ1) is 32.1. The summed E-state index contributed by atoms with van der Waals surface area (Å²) in [5, 5.41) is 38.3. The van der Waals surface area contributed by atoms with Crippen molar-refractivity contribution in [1.29, 1.82) is 0 Å². The Morgan fingerprint density at radius 1 is 0.750 bits per heavy atom. The van der Waals surface area contributed by atoms with Crippen LogP contribution < -0.4 is 35.7 Å². The molecule has 1 aliphatic rings. The summed E-state index contributed by atoms with van der Waals surface area (Å²) in [6.07, 6.45) is 1.09. The highest BCUT2D eigenvalue weighted by atomic mass is 16.5. The monoisotopic (exact) mass is 656 g/mol. The number of carboxylic acid groups (broad SMARTS) is 2. The Kier molecular flexibility index (Phi) is 7.86. The van der Waals surface area contributed by atoms with Gasteiger partial charge in [-0.3, -0.25) is 24.0 Å². The molecule has 5 N–H and O–H groups in total. The lowest BCUT2D eigenvalue weighted by atomic mass is 9.80. The van der Waals surface area contributed by atoms with Crippen LogP contribution in [0, 0.1) is 0 Å². The molecule has 0 amide bonds. The fourth-order valence-electron chi connectivity index (χ4n) is 7.20. The fourth-order valence-corrected chi connectivity index (χ4v) is 7.20. The minimum absolute atomic E-state index is 0.0412. The van der Waals surface area contributed by atoms with Gasteiger partial charge in [0.2, 0.25) is 10.9 Å². The largest absolute Gasteiger partial charge is 0.507 e. The molecule has 5 aromatic rings. The van der Waals surface area contributed by atoms with Gasteiger partial charge in [-0.15, -0.1) is 0 Å². The zero-order chi connectivity index (χ0) is 34.8. The number of methoxy groups -OCH3 is 3. The molecule has 0 aromatic heterocycles. The van der Waals surface area contributed by atoms with Crippen molar-refractivity contribution in [3.8, 4) is 23.0 Å². The van der Waals surface area contributed by atoms with Crippen molar-refractivity contribution in [3.63, 3.8) is 0 Å². The first-order valence-electron chi connectivity index (χ1n) is 15.0. The van der Waals surface area contributed by atoms with E-state index in [4.69, 9.17) is 14.2 Å². The van der Waals surface area contributed by atoms with E-state index < -0.39 is 34.5 Å². The smallest absolute Gasteiger partial charge is 0.305 e. The predicted molar refractivity (Wildman–Crippen MR) is 181 cm³/mol. The van der Waals surface area contributed by atoms with Gasteiger partial charge in [0.15, 0.2) is 5.75 Å². The normalized spacial score (nSPS) is 14.0. The Bertz CT molecular complexity index is 2360. The van der Waals surface area contributed by atoms with Crippen LogP contribution in [0.25, 0.3) is 49.2 Å². The first-order valence-corrected chi connectivity index (χ1v) is 15.0. The molecule has 1 atom stereocenters. The molecule has 0 saturated carbocycles. The molecule has 0 aliphatic heterocycles. The number of carbonyl (C=O) groups is 3. The van der Waals surface area contributed by atoms with Gasteiger partial charge < -0.3 is 40.2 Å². The summed E-state index contributed by atoms with van der Waals surface area (Å²) in [4.78, 5) is 65.3. The van der Waals surface area contributed by atoms with Crippen LogP contribution in [0.1, 0.15) is 43.7 Å². The maximum atomic E-state index is 14.7. The van der Waals surface area contributed by atoms with Crippen LogP contribution in [-0.4, -0.2) is 67.5 Å². The number of Topliss-reactive ketones (excluding diaryl/α,β-unsaturated/α-hetero) is 1. The van der Waals surface area contributed by atoms with Crippen LogP contribution in [-0.2, 0) is 14.4 Å². The number of ketones is 1. The molecule has 13 nitrogen and oxygen atoms in total. The average Bonchev–Trinajstić information content (AvgIpc) is 3.16. The Hall–Kier alpha value is -5.85. The van der Waals surface area contributed by atoms with Gasteiger partial charge in [0.1, 0.15) is 23.0 Å². The Morgan fingerprint density at radius 2 is 1.33 bits per heavy atom. The number of phenolic OH excluding ortho intramolecular Hbond substituents is 1. The van der Waals surface area contributed by atoms with Gasteiger partial charge in [-0.25, -0.2) is 0 Å². The number of aliphatic carboxylic acids is 2. The summed E-state index contributed by atoms with van der Waals surface area (Å²) < 4.78 is 17.4. The molecule has 13 heteroatoms. The predicted octanol–water partition coefficient (Wildman–Crippen LogP) is 4.49.